The maximum Gasteiger partial charge on any atom is 0.0701 e. The third kappa shape index (κ3) is 2.98. The lowest BCUT2D eigenvalue weighted by molar-refractivity contribution is 0.439. The Bertz CT molecular complexity index is 451. The van der Waals surface area contributed by atoms with Crippen LogP contribution in [0.1, 0.15) is 44.7 Å². The summed E-state index contributed by atoms with van der Waals surface area (Å²) < 4.78 is 0. The van der Waals surface area contributed by atoms with E-state index >= 15 is 0 Å². The normalized spacial score (nSPS) is 11.7. The van der Waals surface area contributed by atoms with Gasteiger partial charge in [-0.1, -0.05) is 52.1 Å². The second-order valence-electron chi connectivity index (χ2n) is 4.76. The first-order valence-electron chi connectivity index (χ1n) is 6.53. The van der Waals surface area contributed by atoms with E-state index in [0.717, 1.165) is 24.1 Å². The Labute approximate surface area is 111 Å². The van der Waals surface area contributed by atoms with Gasteiger partial charge in [-0.15, -0.1) is 0 Å². The summed E-state index contributed by atoms with van der Waals surface area (Å²) in [6.45, 7) is 14.3. The Morgan fingerprint density at radius 2 is 1.89 bits per heavy atom. The summed E-state index contributed by atoms with van der Waals surface area (Å²) >= 11 is 0. The molecule has 0 aliphatic carbocycles. The highest BCUT2D eigenvalue weighted by atomic mass is 14.7. The SMILES string of the molecule is C=CC=Nc1ccc(C(C)(CC)CC)cc1C=C. The summed E-state index contributed by atoms with van der Waals surface area (Å²) in [7, 11) is 0. The second kappa shape index (κ2) is 6.34. The van der Waals surface area contributed by atoms with Crippen molar-refractivity contribution in [1.29, 1.82) is 0 Å². The molecule has 0 heterocycles. The molecule has 0 saturated carbocycles. The first-order chi connectivity index (χ1) is 8.61. The van der Waals surface area contributed by atoms with Crippen molar-refractivity contribution in [2.45, 2.75) is 39.0 Å². The molecule has 1 nitrogen and oxygen atoms in total. The molecule has 0 N–H and O–H groups in total. The molecule has 0 aromatic heterocycles. The van der Waals surface area contributed by atoms with E-state index in [9.17, 15) is 0 Å². The lowest BCUT2D eigenvalue weighted by atomic mass is 9.77. The van der Waals surface area contributed by atoms with Gasteiger partial charge in [0.1, 0.15) is 0 Å². The average molecular weight is 241 g/mol. The molecule has 1 heteroatoms. The van der Waals surface area contributed by atoms with Crippen LogP contribution in [0.15, 0.2) is 42.4 Å². The van der Waals surface area contributed by atoms with Gasteiger partial charge in [-0.3, -0.25) is 4.99 Å². The van der Waals surface area contributed by atoms with E-state index in [1.807, 2.05) is 6.08 Å². The van der Waals surface area contributed by atoms with Gasteiger partial charge in [0.05, 0.1) is 5.69 Å². The molecule has 0 fully saturated rings. The first-order valence-corrected chi connectivity index (χ1v) is 6.53. The predicted molar refractivity (Wildman–Crippen MR) is 82.8 cm³/mol. The van der Waals surface area contributed by atoms with Crippen LogP contribution in [0.4, 0.5) is 5.69 Å². The highest BCUT2D eigenvalue weighted by Crippen LogP contribution is 2.34. The van der Waals surface area contributed by atoms with Gasteiger partial charge >= 0.3 is 0 Å². The minimum atomic E-state index is 0.235. The summed E-state index contributed by atoms with van der Waals surface area (Å²) in [5, 5.41) is 0. The van der Waals surface area contributed by atoms with Gasteiger partial charge in [0, 0.05) is 6.21 Å². The fourth-order valence-corrected chi connectivity index (χ4v) is 2.00. The zero-order valence-corrected chi connectivity index (χ0v) is 11.7. The van der Waals surface area contributed by atoms with E-state index < -0.39 is 0 Å². The van der Waals surface area contributed by atoms with Gasteiger partial charge < -0.3 is 0 Å². The van der Waals surface area contributed by atoms with Crippen LogP contribution in [0.2, 0.25) is 0 Å². The summed E-state index contributed by atoms with van der Waals surface area (Å²) in [6, 6.07) is 6.45. The van der Waals surface area contributed by atoms with Gasteiger partial charge in [0.25, 0.3) is 0 Å². The quantitative estimate of drug-likeness (QED) is 0.600. The lowest BCUT2D eigenvalue weighted by Crippen LogP contribution is -2.19. The average Bonchev–Trinajstić information content (AvgIpc) is 2.43. The lowest BCUT2D eigenvalue weighted by Gasteiger charge is -2.28. The Morgan fingerprint density at radius 3 is 2.39 bits per heavy atom. The second-order valence-corrected chi connectivity index (χ2v) is 4.76. The van der Waals surface area contributed by atoms with Crippen LogP contribution in [-0.2, 0) is 5.41 Å². The zero-order chi connectivity index (χ0) is 13.6. The van der Waals surface area contributed by atoms with Gasteiger partial charge in [-0.2, -0.15) is 0 Å². The standard InChI is InChI=1S/C17H23N/c1-6-12-18-16-11-10-15(13-14(16)7-2)17(5,8-3)9-4/h6-7,10-13H,1-2,8-9H2,3-5H3. The van der Waals surface area contributed by atoms with Crippen molar-refractivity contribution >= 4 is 18.0 Å². The largest absolute Gasteiger partial charge is 0.256 e. The maximum atomic E-state index is 4.36. The van der Waals surface area contributed by atoms with Crippen molar-refractivity contribution in [2.24, 2.45) is 4.99 Å². The van der Waals surface area contributed by atoms with Crippen LogP contribution in [0, 0.1) is 0 Å². The van der Waals surface area contributed by atoms with Crippen molar-refractivity contribution in [3.63, 3.8) is 0 Å². The molecule has 1 aromatic rings. The van der Waals surface area contributed by atoms with Gasteiger partial charge in [-0.05, 0) is 41.5 Å². The minimum absolute atomic E-state index is 0.235. The van der Waals surface area contributed by atoms with Crippen LogP contribution in [-0.4, -0.2) is 6.21 Å². The molecule has 0 aliphatic rings. The number of aliphatic imine (C=N–C) groups is 1. The molecular weight excluding hydrogens is 218 g/mol. The summed E-state index contributed by atoms with van der Waals surface area (Å²) in [5.41, 5.74) is 3.63. The van der Waals surface area contributed by atoms with Crippen molar-refractivity contribution in [3.8, 4) is 0 Å². The smallest absolute Gasteiger partial charge is 0.0701 e. The van der Waals surface area contributed by atoms with Crippen LogP contribution in [0.5, 0.6) is 0 Å². The molecule has 0 aliphatic heterocycles. The van der Waals surface area contributed by atoms with Gasteiger partial charge in [0.2, 0.25) is 0 Å². The summed E-state index contributed by atoms with van der Waals surface area (Å²) in [4.78, 5) is 4.36. The van der Waals surface area contributed by atoms with Crippen LogP contribution in [0.25, 0.3) is 6.08 Å². The Balaban J connectivity index is 3.24. The number of hydrogen-bond acceptors (Lipinski definition) is 1. The Morgan fingerprint density at radius 1 is 1.22 bits per heavy atom. The van der Waals surface area contributed by atoms with Crippen LogP contribution < -0.4 is 0 Å². The number of rotatable bonds is 6. The van der Waals surface area contributed by atoms with E-state index in [0.29, 0.717) is 0 Å². The van der Waals surface area contributed by atoms with E-state index in [4.69, 9.17) is 0 Å². The van der Waals surface area contributed by atoms with E-state index in [-0.39, 0.29) is 5.41 Å². The molecule has 0 atom stereocenters. The van der Waals surface area contributed by atoms with Gasteiger partial charge in [0.15, 0.2) is 0 Å². The molecule has 0 unspecified atom stereocenters. The monoisotopic (exact) mass is 241 g/mol. The van der Waals surface area contributed by atoms with E-state index in [1.165, 1.54) is 5.56 Å². The predicted octanol–water partition coefficient (Wildman–Crippen LogP) is 5.30. The topological polar surface area (TPSA) is 12.4 Å². The van der Waals surface area contributed by atoms with Crippen molar-refractivity contribution in [1.82, 2.24) is 0 Å². The van der Waals surface area contributed by atoms with Crippen molar-refractivity contribution in [3.05, 3.63) is 48.6 Å². The van der Waals surface area contributed by atoms with Gasteiger partial charge in [-0.25, -0.2) is 0 Å². The summed E-state index contributed by atoms with van der Waals surface area (Å²) in [5.74, 6) is 0. The molecule has 1 aromatic carbocycles. The first kappa shape index (κ1) is 14.4. The Hall–Kier alpha value is -1.63. The molecular formula is C17H23N. The van der Waals surface area contributed by atoms with Crippen LogP contribution in [0.3, 0.4) is 0 Å². The third-order valence-electron chi connectivity index (χ3n) is 3.82. The fourth-order valence-electron chi connectivity index (χ4n) is 2.00. The summed E-state index contributed by atoms with van der Waals surface area (Å²) in [6.07, 6.45) is 7.53. The fraction of sp³-hybridized carbons (Fsp3) is 0.353. The van der Waals surface area contributed by atoms with Crippen molar-refractivity contribution in [2.75, 3.05) is 0 Å². The zero-order valence-electron chi connectivity index (χ0n) is 11.7. The molecule has 96 valence electrons. The molecule has 0 spiro atoms. The molecule has 0 amide bonds. The third-order valence-corrected chi connectivity index (χ3v) is 3.82. The number of nitrogens with zero attached hydrogens (tertiary/aromatic N) is 1. The van der Waals surface area contributed by atoms with Crippen LogP contribution >= 0.6 is 0 Å². The van der Waals surface area contributed by atoms with Crippen molar-refractivity contribution < 1.29 is 0 Å². The Kier molecular flexibility index (Phi) is 5.08. The highest BCUT2D eigenvalue weighted by Gasteiger charge is 2.22. The number of hydrogen-bond donors (Lipinski definition) is 0. The van der Waals surface area contributed by atoms with E-state index in [1.54, 1.807) is 12.3 Å². The maximum absolute atomic E-state index is 4.36. The molecule has 18 heavy (non-hydrogen) atoms. The number of allylic oxidation sites excluding steroid dienone is 1. The molecule has 0 bridgehead atoms. The minimum Gasteiger partial charge on any atom is -0.256 e. The highest BCUT2D eigenvalue weighted by molar-refractivity contribution is 5.76. The molecule has 1 rings (SSSR count). The molecule has 0 radical (unpaired) electrons. The van der Waals surface area contributed by atoms with E-state index in [2.05, 4.69) is 57.1 Å². The molecule has 0 saturated heterocycles. The number of benzene rings is 1.